The maximum atomic E-state index is 13.0. The van der Waals surface area contributed by atoms with Crippen molar-refractivity contribution < 1.29 is 9.53 Å². The Labute approximate surface area is 151 Å². The molecule has 0 aliphatic heterocycles. The Morgan fingerprint density at radius 3 is 2.81 bits per heavy atom. The van der Waals surface area contributed by atoms with Crippen LogP contribution in [0.4, 0.5) is 5.69 Å². The van der Waals surface area contributed by atoms with Crippen molar-refractivity contribution >= 4 is 11.6 Å². The molecule has 2 aromatic carbocycles. The molecule has 26 heavy (non-hydrogen) atoms. The van der Waals surface area contributed by atoms with Crippen LogP contribution in [0.15, 0.2) is 48.5 Å². The molecular weight excluding hydrogens is 330 g/mol. The van der Waals surface area contributed by atoms with Gasteiger partial charge < -0.3 is 15.2 Å². The van der Waals surface area contributed by atoms with Crippen molar-refractivity contribution in [3.05, 3.63) is 65.5 Å². The molecule has 1 atom stereocenters. The van der Waals surface area contributed by atoms with Crippen molar-refractivity contribution in [1.29, 1.82) is 0 Å². The minimum Gasteiger partial charge on any atom is -0.497 e. The number of rotatable bonds is 7. The van der Waals surface area contributed by atoms with Crippen LogP contribution in [-0.2, 0) is 17.6 Å². The smallest absolute Gasteiger partial charge is 0.232 e. The number of hydrogen-bond donors (Lipinski definition) is 1. The molecule has 1 heterocycles. The predicted octanol–water partition coefficient (Wildman–Crippen LogP) is 2.36. The van der Waals surface area contributed by atoms with Crippen LogP contribution in [0, 0.1) is 0 Å². The number of hydrogen-bond acceptors (Lipinski definition) is 5. The van der Waals surface area contributed by atoms with Gasteiger partial charge in [0.05, 0.1) is 13.0 Å². The first kappa shape index (κ1) is 17.6. The number of nitrogens with zero attached hydrogens (tertiary/aromatic N) is 4. The van der Waals surface area contributed by atoms with Gasteiger partial charge in [-0.1, -0.05) is 37.3 Å². The topological polar surface area (TPSA) is 91.1 Å². The van der Waals surface area contributed by atoms with Crippen molar-refractivity contribution in [2.45, 2.75) is 25.7 Å². The number of aryl methyl sites for hydroxylation is 1. The highest BCUT2D eigenvalue weighted by molar-refractivity contribution is 5.96. The Balaban J connectivity index is 1.85. The number of carbonyl (C=O) groups excluding carboxylic acids is 1. The Morgan fingerprint density at radius 1 is 1.23 bits per heavy atom. The standard InChI is InChI=1S/C19H21N5O2/c1-3-14-8-4-5-10-17(14)20-19(25)16(18-21-23-24-22-18)12-13-7-6-9-15(11-13)26-2/h4-11,16H,3,12H2,1-2H3,(H2,20,21,22,23,24,25)/p-1/t16-/m1/s1. The fraction of sp³-hybridized carbons (Fsp3) is 0.263. The summed E-state index contributed by atoms with van der Waals surface area (Å²) in [6.45, 7) is 2.05. The van der Waals surface area contributed by atoms with Gasteiger partial charge >= 0.3 is 0 Å². The lowest BCUT2D eigenvalue weighted by molar-refractivity contribution is -0.117. The zero-order chi connectivity index (χ0) is 18.4. The SMILES string of the molecule is CCc1ccccc1NC(=O)[C@H](Cc1cccc(OC)c1)c1nnn[n-]1. The maximum Gasteiger partial charge on any atom is 0.232 e. The summed E-state index contributed by atoms with van der Waals surface area (Å²) >= 11 is 0. The second kappa shape index (κ2) is 8.24. The van der Waals surface area contributed by atoms with Gasteiger partial charge in [0.25, 0.3) is 0 Å². The van der Waals surface area contributed by atoms with Crippen molar-refractivity contribution in [3.8, 4) is 5.75 Å². The third kappa shape index (κ3) is 4.05. The quantitative estimate of drug-likeness (QED) is 0.703. The Morgan fingerprint density at radius 2 is 2.08 bits per heavy atom. The van der Waals surface area contributed by atoms with Crippen LogP contribution in [-0.4, -0.2) is 28.5 Å². The van der Waals surface area contributed by atoms with Gasteiger partial charge in [-0.3, -0.25) is 15.1 Å². The normalized spacial score (nSPS) is 11.8. The molecule has 1 aromatic heterocycles. The van der Waals surface area contributed by atoms with Crippen LogP contribution < -0.4 is 15.2 Å². The molecule has 1 amide bonds. The number of amides is 1. The van der Waals surface area contributed by atoms with E-state index >= 15 is 0 Å². The monoisotopic (exact) mass is 350 g/mol. The van der Waals surface area contributed by atoms with Crippen LogP contribution >= 0.6 is 0 Å². The number of methoxy groups -OCH3 is 1. The molecule has 134 valence electrons. The van der Waals surface area contributed by atoms with E-state index < -0.39 is 5.92 Å². The lowest BCUT2D eigenvalue weighted by Crippen LogP contribution is -2.25. The summed E-state index contributed by atoms with van der Waals surface area (Å²) < 4.78 is 5.26. The Kier molecular flexibility index (Phi) is 5.58. The maximum absolute atomic E-state index is 13.0. The molecule has 0 bridgehead atoms. The van der Waals surface area contributed by atoms with Gasteiger partial charge in [0.2, 0.25) is 5.91 Å². The third-order valence-corrected chi connectivity index (χ3v) is 4.19. The molecule has 1 N–H and O–H groups in total. The van der Waals surface area contributed by atoms with Gasteiger partial charge in [0, 0.05) is 11.5 Å². The van der Waals surface area contributed by atoms with E-state index in [1.165, 1.54) is 0 Å². The summed E-state index contributed by atoms with van der Waals surface area (Å²) in [6.07, 6.45) is 1.25. The number of tetrazole rings is 1. The molecule has 0 saturated carbocycles. The number of benzene rings is 2. The minimum absolute atomic E-state index is 0.191. The highest BCUT2D eigenvalue weighted by Gasteiger charge is 2.22. The summed E-state index contributed by atoms with van der Waals surface area (Å²) in [5.74, 6) is 0.252. The zero-order valence-electron chi connectivity index (χ0n) is 14.7. The second-order valence-electron chi connectivity index (χ2n) is 5.85. The van der Waals surface area contributed by atoms with Gasteiger partial charge in [-0.2, -0.15) is 5.21 Å². The first-order valence-electron chi connectivity index (χ1n) is 8.41. The molecule has 0 fully saturated rings. The largest absolute Gasteiger partial charge is 0.497 e. The summed E-state index contributed by atoms with van der Waals surface area (Å²) in [6, 6.07) is 15.3. The van der Waals surface area contributed by atoms with Crippen molar-refractivity contribution in [3.63, 3.8) is 0 Å². The van der Waals surface area contributed by atoms with Crippen LogP contribution in [0.1, 0.15) is 29.8 Å². The number of aromatic nitrogens is 4. The molecular formula is C19H20N5O2-. The lowest BCUT2D eigenvalue weighted by atomic mass is 9.97. The van der Waals surface area contributed by atoms with Gasteiger partial charge in [-0.05, 0) is 42.2 Å². The zero-order valence-corrected chi connectivity index (χ0v) is 14.7. The number of ether oxygens (including phenoxy) is 1. The van der Waals surface area contributed by atoms with E-state index in [9.17, 15) is 4.79 Å². The van der Waals surface area contributed by atoms with E-state index in [1.807, 2.05) is 55.5 Å². The molecule has 0 spiro atoms. The fourth-order valence-corrected chi connectivity index (χ4v) is 2.80. The van der Waals surface area contributed by atoms with E-state index in [2.05, 4.69) is 25.9 Å². The van der Waals surface area contributed by atoms with Gasteiger partial charge in [0.15, 0.2) is 0 Å². The molecule has 7 nitrogen and oxygen atoms in total. The highest BCUT2D eigenvalue weighted by atomic mass is 16.5. The van der Waals surface area contributed by atoms with Gasteiger partial charge in [0.1, 0.15) is 5.75 Å². The Hall–Kier alpha value is -3.22. The first-order valence-corrected chi connectivity index (χ1v) is 8.41. The molecule has 0 radical (unpaired) electrons. The average molecular weight is 350 g/mol. The molecule has 0 aliphatic rings. The van der Waals surface area contributed by atoms with Crippen LogP contribution in [0.5, 0.6) is 5.75 Å². The van der Waals surface area contributed by atoms with E-state index in [1.54, 1.807) is 7.11 Å². The molecule has 3 rings (SSSR count). The number of carbonyl (C=O) groups is 1. The number of anilines is 1. The van der Waals surface area contributed by atoms with E-state index in [0.717, 1.165) is 29.0 Å². The summed E-state index contributed by atoms with van der Waals surface area (Å²) in [5.41, 5.74) is 2.81. The van der Waals surface area contributed by atoms with Crippen molar-refractivity contribution in [2.75, 3.05) is 12.4 Å². The summed E-state index contributed by atoms with van der Waals surface area (Å²) in [5, 5.41) is 17.8. The Bertz CT molecular complexity index is 864. The first-order chi connectivity index (χ1) is 12.7. The molecule has 0 unspecified atom stereocenters. The molecule has 0 saturated heterocycles. The molecule has 3 aromatic rings. The van der Waals surface area contributed by atoms with Gasteiger partial charge in [-0.25, -0.2) is 0 Å². The number of para-hydroxylation sites is 1. The second-order valence-corrected chi connectivity index (χ2v) is 5.85. The van der Waals surface area contributed by atoms with Gasteiger partial charge in [-0.15, -0.1) is 0 Å². The van der Waals surface area contributed by atoms with E-state index in [0.29, 0.717) is 12.2 Å². The van der Waals surface area contributed by atoms with Crippen LogP contribution in [0.25, 0.3) is 0 Å². The lowest BCUT2D eigenvalue weighted by Gasteiger charge is -2.18. The van der Waals surface area contributed by atoms with E-state index in [4.69, 9.17) is 4.74 Å². The fourth-order valence-electron chi connectivity index (χ4n) is 2.80. The minimum atomic E-state index is -0.595. The summed E-state index contributed by atoms with van der Waals surface area (Å²) in [7, 11) is 1.61. The predicted molar refractivity (Wildman–Crippen MR) is 97.0 cm³/mol. The van der Waals surface area contributed by atoms with Crippen LogP contribution in [0.2, 0.25) is 0 Å². The van der Waals surface area contributed by atoms with Crippen LogP contribution in [0.3, 0.4) is 0 Å². The average Bonchev–Trinajstić information content (AvgIpc) is 3.21. The highest BCUT2D eigenvalue weighted by Crippen LogP contribution is 2.23. The van der Waals surface area contributed by atoms with Crippen molar-refractivity contribution in [1.82, 2.24) is 20.6 Å². The van der Waals surface area contributed by atoms with Crippen molar-refractivity contribution in [2.24, 2.45) is 0 Å². The molecule has 0 aliphatic carbocycles. The molecule has 7 heteroatoms. The third-order valence-electron chi connectivity index (χ3n) is 4.19. The number of nitrogens with one attached hydrogen (secondary N) is 1. The summed E-state index contributed by atoms with van der Waals surface area (Å²) in [4.78, 5) is 13.0. The van der Waals surface area contributed by atoms with E-state index in [-0.39, 0.29) is 5.91 Å².